The van der Waals surface area contributed by atoms with Crippen molar-refractivity contribution in [2.75, 3.05) is 13.7 Å². The number of esters is 1. The van der Waals surface area contributed by atoms with E-state index in [1.54, 1.807) is 0 Å². The summed E-state index contributed by atoms with van der Waals surface area (Å²) in [7, 11) is 1.17. The van der Waals surface area contributed by atoms with E-state index in [-0.39, 0.29) is 23.5 Å². The van der Waals surface area contributed by atoms with Crippen molar-refractivity contribution in [2.24, 2.45) is 0 Å². The van der Waals surface area contributed by atoms with E-state index in [2.05, 4.69) is 4.74 Å². The molecule has 140 valence electrons. The maximum Gasteiger partial charge on any atom is 0.428 e. The van der Waals surface area contributed by atoms with Gasteiger partial charge in [0.2, 0.25) is 0 Å². The van der Waals surface area contributed by atoms with Crippen molar-refractivity contribution in [2.45, 2.75) is 32.0 Å². The van der Waals surface area contributed by atoms with Crippen molar-refractivity contribution < 1.29 is 36.9 Å². The molecule has 0 unspecified atom stereocenters. The minimum Gasteiger partial charge on any atom is -0.494 e. The van der Waals surface area contributed by atoms with Crippen molar-refractivity contribution >= 4 is 23.1 Å². The van der Waals surface area contributed by atoms with Crippen LogP contribution in [-0.4, -0.2) is 36.6 Å². The van der Waals surface area contributed by atoms with Crippen LogP contribution in [0.15, 0.2) is 18.2 Å². The zero-order valence-electron chi connectivity index (χ0n) is 13.7. The second kappa shape index (κ2) is 8.05. The molecule has 4 nitrogen and oxygen atoms in total. The molecule has 0 saturated carbocycles. The molecule has 1 aromatic carbocycles. The molecule has 0 spiro atoms. The average molecular weight is 385 g/mol. The number of alkyl halides is 3. The fraction of sp³-hybridized carbons (Fsp3) is 0.438. The van der Waals surface area contributed by atoms with Crippen molar-refractivity contribution in [3.05, 3.63) is 34.6 Å². The zero-order chi connectivity index (χ0) is 19.4. The maximum atomic E-state index is 13.5. The van der Waals surface area contributed by atoms with E-state index in [1.807, 2.05) is 0 Å². The summed E-state index contributed by atoms with van der Waals surface area (Å²) < 4.78 is 62.8. The highest BCUT2D eigenvalue weighted by Gasteiger charge is 2.61. The number of rotatable bonds is 6. The minimum atomic E-state index is -5.29. The summed E-state index contributed by atoms with van der Waals surface area (Å²) in [5.41, 5.74) is -3.87. The van der Waals surface area contributed by atoms with Crippen LogP contribution in [0.3, 0.4) is 0 Å². The van der Waals surface area contributed by atoms with Gasteiger partial charge < -0.3 is 14.6 Å². The van der Waals surface area contributed by atoms with E-state index >= 15 is 0 Å². The summed E-state index contributed by atoms with van der Waals surface area (Å²) in [4.78, 5) is 11.7. The number of halogens is 5. The van der Waals surface area contributed by atoms with E-state index in [9.17, 15) is 27.5 Å². The largest absolute Gasteiger partial charge is 0.494 e. The highest BCUT2D eigenvalue weighted by Crippen LogP contribution is 2.42. The van der Waals surface area contributed by atoms with Gasteiger partial charge >= 0.3 is 12.1 Å². The first-order valence-corrected chi connectivity index (χ1v) is 7.55. The van der Waals surface area contributed by atoms with Gasteiger partial charge in [-0.15, -0.1) is 0 Å². The van der Waals surface area contributed by atoms with Gasteiger partial charge in [-0.25, -0.2) is 9.18 Å². The fourth-order valence-corrected chi connectivity index (χ4v) is 2.39. The molecule has 0 bridgehead atoms. The molecule has 9 heteroatoms. The zero-order valence-corrected chi connectivity index (χ0v) is 14.5. The number of allylic oxidation sites excluding steroid dienone is 1. The van der Waals surface area contributed by atoms with E-state index in [1.165, 1.54) is 27.0 Å². The Hall–Kier alpha value is -1.80. The summed E-state index contributed by atoms with van der Waals surface area (Å²) in [6.45, 7) is 2.37. The van der Waals surface area contributed by atoms with Gasteiger partial charge in [0.05, 0.1) is 13.7 Å². The first kappa shape index (κ1) is 21.2. The molecule has 25 heavy (non-hydrogen) atoms. The first-order valence-electron chi connectivity index (χ1n) is 7.17. The molecule has 0 aliphatic carbocycles. The molecular formula is C16H17ClF4O4. The lowest BCUT2D eigenvalue weighted by Crippen LogP contribution is -2.53. The Labute approximate surface area is 147 Å². The van der Waals surface area contributed by atoms with Gasteiger partial charge in [-0.05, 0) is 31.6 Å². The second-order valence-corrected chi connectivity index (χ2v) is 5.39. The molecule has 1 aromatic rings. The van der Waals surface area contributed by atoms with E-state index < -0.39 is 35.0 Å². The second-order valence-electron chi connectivity index (χ2n) is 5.01. The van der Waals surface area contributed by atoms with Gasteiger partial charge in [-0.1, -0.05) is 17.7 Å². The first-order chi connectivity index (χ1) is 11.5. The van der Waals surface area contributed by atoms with Crippen LogP contribution in [0.5, 0.6) is 5.75 Å². The van der Waals surface area contributed by atoms with Crippen LogP contribution in [0, 0.1) is 5.82 Å². The van der Waals surface area contributed by atoms with Gasteiger partial charge in [0.15, 0.2) is 0 Å². The lowest BCUT2D eigenvalue weighted by Gasteiger charge is -2.29. The Morgan fingerprint density at radius 2 is 1.96 bits per heavy atom. The normalized spacial score (nSPS) is 14.8. The molecule has 0 aliphatic heterocycles. The Morgan fingerprint density at radius 1 is 1.36 bits per heavy atom. The number of carbonyl (C=O) groups excluding carboxylic acids is 1. The number of hydrogen-bond acceptors (Lipinski definition) is 4. The molecule has 1 N–H and O–H groups in total. The number of benzene rings is 1. The predicted octanol–water partition coefficient (Wildman–Crippen LogP) is 4.14. The van der Waals surface area contributed by atoms with Crippen LogP contribution < -0.4 is 4.74 Å². The molecule has 0 radical (unpaired) electrons. The highest BCUT2D eigenvalue weighted by molar-refractivity contribution is 6.32. The van der Waals surface area contributed by atoms with Crippen molar-refractivity contribution in [3.8, 4) is 5.75 Å². The molecule has 1 rings (SSSR count). The van der Waals surface area contributed by atoms with Crippen LogP contribution in [0.4, 0.5) is 17.6 Å². The van der Waals surface area contributed by atoms with Crippen molar-refractivity contribution in [1.82, 2.24) is 0 Å². The monoisotopic (exact) mass is 384 g/mol. The Bertz CT molecular complexity index is 673. The molecule has 0 fully saturated rings. The van der Waals surface area contributed by atoms with Crippen LogP contribution >= 0.6 is 11.6 Å². The predicted molar refractivity (Wildman–Crippen MR) is 83.9 cm³/mol. The van der Waals surface area contributed by atoms with Crippen molar-refractivity contribution in [1.29, 1.82) is 0 Å². The van der Waals surface area contributed by atoms with E-state index in [4.69, 9.17) is 16.3 Å². The number of hydrogen-bond donors (Lipinski definition) is 1. The molecule has 0 heterocycles. The number of methoxy groups -OCH3 is 1. The number of aliphatic hydroxyl groups is 1. The third-order valence-electron chi connectivity index (χ3n) is 3.48. The van der Waals surface area contributed by atoms with Crippen molar-refractivity contribution in [3.63, 3.8) is 0 Å². The van der Waals surface area contributed by atoms with Crippen LogP contribution in [0.1, 0.15) is 25.8 Å². The molecule has 0 aromatic heterocycles. The third-order valence-corrected chi connectivity index (χ3v) is 3.83. The molecule has 1 atom stereocenters. The summed E-state index contributed by atoms with van der Waals surface area (Å²) in [6, 6.07) is 2.10. The summed E-state index contributed by atoms with van der Waals surface area (Å²) >= 11 is 5.77. The molecular weight excluding hydrogens is 368 g/mol. The lowest BCUT2D eigenvalue weighted by atomic mass is 9.89. The van der Waals surface area contributed by atoms with E-state index in [0.717, 1.165) is 12.1 Å². The Kier molecular flexibility index (Phi) is 6.84. The Balaban J connectivity index is 3.42. The van der Waals surface area contributed by atoms with Crippen LogP contribution in [-0.2, 0) is 9.53 Å². The van der Waals surface area contributed by atoms with Crippen LogP contribution in [0.2, 0.25) is 5.02 Å². The van der Waals surface area contributed by atoms with Gasteiger partial charge in [0.1, 0.15) is 16.6 Å². The quantitative estimate of drug-likeness (QED) is 0.591. The molecule has 0 amide bonds. The van der Waals surface area contributed by atoms with Crippen LogP contribution in [0.25, 0.3) is 5.57 Å². The highest BCUT2D eigenvalue weighted by atomic mass is 35.5. The SMILES string of the molecule is CC=C(C[C@@](O)(C(=O)OCC)C(F)(F)F)c1ccc(F)c(Cl)c1OC. The minimum absolute atomic E-state index is 0.0170. The fourth-order valence-electron chi connectivity index (χ4n) is 2.15. The molecule has 0 saturated heterocycles. The number of carbonyl (C=O) groups is 1. The molecule has 0 aliphatic rings. The standard InChI is InChI=1S/C16H17ClF4O4/c1-4-9(10-6-7-11(18)12(17)13(10)24-3)8-15(23,16(19,20)21)14(22)25-5-2/h4,6-7,23H,5,8H2,1-3H3/t15-/m1/s1. The van der Waals surface area contributed by atoms with Gasteiger partial charge in [-0.3, -0.25) is 0 Å². The van der Waals surface area contributed by atoms with Gasteiger partial charge in [0, 0.05) is 12.0 Å². The van der Waals surface area contributed by atoms with Gasteiger partial charge in [-0.2, -0.15) is 13.2 Å². The lowest BCUT2D eigenvalue weighted by molar-refractivity contribution is -0.260. The average Bonchev–Trinajstić information content (AvgIpc) is 2.54. The maximum absolute atomic E-state index is 13.5. The van der Waals surface area contributed by atoms with Gasteiger partial charge in [0.25, 0.3) is 5.60 Å². The smallest absolute Gasteiger partial charge is 0.428 e. The van der Waals surface area contributed by atoms with E-state index in [0.29, 0.717) is 0 Å². The summed E-state index contributed by atoms with van der Waals surface area (Å²) in [5.74, 6) is -2.86. The Morgan fingerprint density at radius 3 is 2.40 bits per heavy atom. The summed E-state index contributed by atoms with van der Waals surface area (Å²) in [6.07, 6.45) is -5.20. The topological polar surface area (TPSA) is 55.8 Å². The summed E-state index contributed by atoms with van der Waals surface area (Å²) in [5, 5.41) is 9.58. The number of ether oxygens (including phenoxy) is 2. The third kappa shape index (κ3) is 4.24.